The highest BCUT2D eigenvalue weighted by atomic mass is 35.5. The second kappa shape index (κ2) is 10.7. The number of halogens is 1. The van der Waals surface area contributed by atoms with E-state index in [1.54, 1.807) is 12.3 Å². The smallest absolute Gasteiger partial charge is 0.212 e. The predicted octanol–water partition coefficient (Wildman–Crippen LogP) is 5.21. The number of nitriles is 1. The van der Waals surface area contributed by atoms with Gasteiger partial charge in [0.05, 0.1) is 35.3 Å². The minimum absolute atomic E-state index is 0.482. The molecule has 1 fully saturated rings. The average Bonchev–Trinajstić information content (AvgIpc) is 3.56. The van der Waals surface area contributed by atoms with Crippen molar-refractivity contribution in [2.45, 2.75) is 38.6 Å². The molecule has 5 heterocycles. The number of anilines is 2. The lowest BCUT2D eigenvalue weighted by atomic mass is 10.1. The molecule has 2 N–H and O–H groups in total. The molecule has 0 aliphatic heterocycles. The summed E-state index contributed by atoms with van der Waals surface area (Å²) in [7, 11) is 0. The van der Waals surface area contributed by atoms with Crippen LogP contribution in [0.5, 0.6) is 0 Å². The van der Waals surface area contributed by atoms with Crippen molar-refractivity contribution in [3.63, 3.8) is 0 Å². The van der Waals surface area contributed by atoms with Crippen LogP contribution in [0.4, 0.5) is 11.5 Å². The van der Waals surface area contributed by atoms with Crippen LogP contribution in [-0.4, -0.2) is 30.2 Å². The van der Waals surface area contributed by atoms with Gasteiger partial charge in [-0.2, -0.15) is 5.26 Å². The molecule has 1 amide bonds. The van der Waals surface area contributed by atoms with Crippen molar-refractivity contribution in [1.29, 1.82) is 5.26 Å². The molecule has 1 saturated carbocycles. The molecule has 0 aromatic carbocycles. The van der Waals surface area contributed by atoms with E-state index in [4.69, 9.17) is 11.6 Å². The predicted molar refractivity (Wildman–Crippen MR) is 143 cm³/mol. The molecule has 0 radical (unpaired) electrons. The van der Waals surface area contributed by atoms with Gasteiger partial charge in [0.1, 0.15) is 11.9 Å². The Bertz CT molecular complexity index is 1610. The van der Waals surface area contributed by atoms with Gasteiger partial charge in [-0.25, -0.2) is 15.0 Å². The fourth-order valence-electron chi connectivity index (χ4n) is 4.14. The van der Waals surface area contributed by atoms with Gasteiger partial charge in [-0.3, -0.25) is 4.79 Å². The summed E-state index contributed by atoms with van der Waals surface area (Å²) in [6.07, 6.45) is 13.3. The van der Waals surface area contributed by atoms with E-state index in [2.05, 4.69) is 44.8 Å². The first-order chi connectivity index (χ1) is 18.1. The standard InChI is InChI=1S/C18H16N6O.C9H9ClN2/c19-7-13-5-14(12-1-2-12)9-24-10-16(23-18(13)24)8-21-15-3-4-20-17(6-15)22-11-25;1-2-8-9-5-7(10)3-4-12(9)6-11-8/h3-6,9-12H,1-2,8H2,(H2,20,21,22,25);3-6H,2H2,1H3. The topological polar surface area (TPSA) is 112 Å². The zero-order valence-electron chi connectivity index (χ0n) is 20.2. The number of fused-ring (bicyclic) bond motifs is 2. The molecule has 5 aromatic heterocycles. The zero-order valence-corrected chi connectivity index (χ0v) is 21.0. The average molecular weight is 513 g/mol. The largest absolute Gasteiger partial charge is 0.379 e. The van der Waals surface area contributed by atoms with Crippen LogP contribution in [0.1, 0.15) is 48.2 Å². The highest BCUT2D eigenvalue weighted by Crippen LogP contribution is 2.40. The molecule has 0 saturated heterocycles. The SMILES string of the molecule is CCc1ncn2ccc(Cl)cc12.N#Cc1cc(C2CC2)cn2cc(CNc3ccnc(NC=O)c3)nc12. The molecule has 37 heavy (non-hydrogen) atoms. The summed E-state index contributed by atoms with van der Waals surface area (Å²) in [6.45, 7) is 2.60. The second-order valence-corrected chi connectivity index (χ2v) is 9.20. The molecule has 10 heteroatoms. The summed E-state index contributed by atoms with van der Waals surface area (Å²) in [6, 6.07) is 11.6. The first-order valence-corrected chi connectivity index (χ1v) is 12.4. The van der Waals surface area contributed by atoms with E-state index in [1.807, 2.05) is 51.8 Å². The Kier molecular flexibility index (Phi) is 7.01. The normalized spacial score (nSPS) is 12.6. The number of imidazole rings is 2. The van der Waals surface area contributed by atoms with E-state index in [0.717, 1.165) is 34.0 Å². The molecule has 0 spiro atoms. The summed E-state index contributed by atoms with van der Waals surface area (Å²) < 4.78 is 3.92. The van der Waals surface area contributed by atoms with Gasteiger partial charge in [0.2, 0.25) is 6.41 Å². The molecule has 0 bridgehead atoms. The van der Waals surface area contributed by atoms with E-state index in [-0.39, 0.29) is 0 Å². The quantitative estimate of drug-likeness (QED) is 0.289. The Balaban J connectivity index is 0.000000195. The van der Waals surface area contributed by atoms with Gasteiger partial charge in [0.15, 0.2) is 5.65 Å². The third kappa shape index (κ3) is 5.55. The maximum Gasteiger partial charge on any atom is 0.212 e. The van der Waals surface area contributed by atoms with Crippen molar-refractivity contribution < 1.29 is 4.79 Å². The number of aryl methyl sites for hydroxylation is 1. The van der Waals surface area contributed by atoms with Gasteiger partial charge in [-0.05, 0) is 55.0 Å². The third-order valence-corrected chi connectivity index (χ3v) is 6.38. The lowest BCUT2D eigenvalue weighted by molar-refractivity contribution is -0.105. The van der Waals surface area contributed by atoms with Crippen molar-refractivity contribution in [3.05, 3.63) is 89.0 Å². The van der Waals surface area contributed by atoms with Gasteiger partial charge < -0.3 is 19.4 Å². The van der Waals surface area contributed by atoms with E-state index in [1.165, 1.54) is 18.4 Å². The van der Waals surface area contributed by atoms with Gasteiger partial charge in [0, 0.05) is 41.6 Å². The molecule has 186 valence electrons. The molecular weight excluding hydrogens is 488 g/mol. The van der Waals surface area contributed by atoms with E-state index in [9.17, 15) is 10.1 Å². The maximum absolute atomic E-state index is 10.5. The number of amides is 1. The van der Waals surface area contributed by atoms with Crippen LogP contribution in [-0.2, 0) is 17.8 Å². The number of nitrogens with one attached hydrogen (secondary N) is 2. The minimum atomic E-state index is 0.482. The number of hydrogen-bond acceptors (Lipinski definition) is 6. The van der Waals surface area contributed by atoms with Crippen LogP contribution >= 0.6 is 11.6 Å². The highest BCUT2D eigenvalue weighted by Gasteiger charge is 2.25. The Hall–Kier alpha value is -4.42. The lowest BCUT2D eigenvalue weighted by Crippen LogP contribution is -2.02. The minimum Gasteiger partial charge on any atom is -0.379 e. The third-order valence-electron chi connectivity index (χ3n) is 6.15. The summed E-state index contributed by atoms with van der Waals surface area (Å²) in [5, 5.41) is 15.9. The van der Waals surface area contributed by atoms with Crippen LogP contribution in [0.15, 0.2) is 61.4 Å². The first kappa shape index (κ1) is 24.3. The zero-order chi connectivity index (χ0) is 25.8. The number of nitrogens with zero attached hydrogens (tertiary/aromatic N) is 6. The van der Waals surface area contributed by atoms with Crippen LogP contribution in [0.25, 0.3) is 11.2 Å². The fraction of sp³-hybridized carbons (Fsp3) is 0.222. The highest BCUT2D eigenvalue weighted by molar-refractivity contribution is 6.30. The van der Waals surface area contributed by atoms with Crippen LogP contribution in [0.2, 0.25) is 5.02 Å². The van der Waals surface area contributed by atoms with Crippen molar-refractivity contribution in [2.75, 3.05) is 10.6 Å². The molecule has 0 atom stereocenters. The maximum atomic E-state index is 10.5. The molecule has 6 rings (SSSR count). The molecule has 1 aliphatic carbocycles. The van der Waals surface area contributed by atoms with Crippen molar-refractivity contribution in [1.82, 2.24) is 23.8 Å². The molecule has 9 nitrogen and oxygen atoms in total. The Morgan fingerprint density at radius 2 is 2.05 bits per heavy atom. The van der Waals surface area contributed by atoms with Crippen molar-refractivity contribution >= 4 is 40.7 Å². The van der Waals surface area contributed by atoms with Gasteiger partial charge in [0.25, 0.3) is 0 Å². The number of carbonyl (C=O) groups is 1. The van der Waals surface area contributed by atoms with Crippen molar-refractivity contribution in [3.8, 4) is 6.07 Å². The number of carbonyl (C=O) groups excluding carboxylic acids is 1. The number of hydrogen-bond donors (Lipinski definition) is 2. The summed E-state index contributed by atoms with van der Waals surface area (Å²) >= 11 is 5.86. The summed E-state index contributed by atoms with van der Waals surface area (Å²) in [5.74, 6) is 1.07. The molecular formula is C27H25ClN8O. The molecule has 1 aliphatic rings. The van der Waals surface area contributed by atoms with Crippen LogP contribution < -0.4 is 10.6 Å². The number of rotatable bonds is 7. The van der Waals surface area contributed by atoms with E-state index < -0.39 is 0 Å². The van der Waals surface area contributed by atoms with Crippen LogP contribution in [0.3, 0.4) is 0 Å². The Morgan fingerprint density at radius 3 is 2.81 bits per heavy atom. The molecule has 5 aromatic rings. The van der Waals surface area contributed by atoms with Gasteiger partial charge >= 0.3 is 0 Å². The lowest BCUT2D eigenvalue weighted by Gasteiger charge is -2.05. The Morgan fingerprint density at radius 1 is 1.19 bits per heavy atom. The first-order valence-electron chi connectivity index (χ1n) is 12.0. The monoisotopic (exact) mass is 512 g/mol. The second-order valence-electron chi connectivity index (χ2n) is 8.76. The fourth-order valence-corrected chi connectivity index (χ4v) is 4.30. The van der Waals surface area contributed by atoms with Gasteiger partial charge in [-0.1, -0.05) is 18.5 Å². The number of pyridine rings is 3. The van der Waals surface area contributed by atoms with E-state index in [0.29, 0.717) is 35.9 Å². The van der Waals surface area contributed by atoms with Crippen LogP contribution in [0, 0.1) is 11.3 Å². The summed E-state index contributed by atoms with van der Waals surface area (Å²) in [4.78, 5) is 23.4. The Labute approximate surface area is 218 Å². The molecule has 0 unspecified atom stereocenters. The summed E-state index contributed by atoms with van der Waals surface area (Å²) in [5.41, 5.74) is 6.36. The van der Waals surface area contributed by atoms with E-state index >= 15 is 0 Å². The van der Waals surface area contributed by atoms with Gasteiger partial charge in [-0.15, -0.1) is 0 Å². The van der Waals surface area contributed by atoms with Crippen molar-refractivity contribution in [2.24, 2.45) is 0 Å². The number of aromatic nitrogens is 5.